The summed E-state index contributed by atoms with van der Waals surface area (Å²) in [5.41, 5.74) is 4.28. The lowest BCUT2D eigenvalue weighted by atomic mass is 9.99. The van der Waals surface area contributed by atoms with Crippen LogP contribution in [0, 0.1) is 0 Å². The van der Waals surface area contributed by atoms with E-state index in [-0.39, 0.29) is 6.10 Å². The third kappa shape index (κ3) is 2.32. The molecule has 1 saturated heterocycles. The lowest BCUT2D eigenvalue weighted by Crippen LogP contribution is -2.11. The average molecular weight is 279 g/mol. The maximum atomic E-state index is 5.94. The second-order valence-electron chi connectivity index (χ2n) is 5.44. The highest BCUT2D eigenvalue weighted by Gasteiger charge is 2.19. The first-order valence-corrected chi connectivity index (χ1v) is 7.41. The first-order valence-electron chi connectivity index (χ1n) is 7.41. The lowest BCUT2D eigenvalue weighted by Gasteiger charge is -2.23. The van der Waals surface area contributed by atoms with E-state index in [1.807, 2.05) is 0 Å². The minimum atomic E-state index is 0.204. The molecular weight excluding hydrogens is 262 g/mol. The molecule has 1 unspecified atom stereocenters. The Balaban J connectivity index is 1.80. The number of nitrogens with one attached hydrogen (secondary N) is 1. The van der Waals surface area contributed by atoms with Crippen LogP contribution < -0.4 is 0 Å². The molecule has 1 atom stereocenters. The zero-order valence-corrected chi connectivity index (χ0v) is 11.7. The molecule has 0 saturated carbocycles. The van der Waals surface area contributed by atoms with Crippen LogP contribution in [-0.2, 0) is 4.74 Å². The fourth-order valence-electron chi connectivity index (χ4n) is 3.01. The smallest absolute Gasteiger partial charge is 0.105 e. The maximum Gasteiger partial charge on any atom is 0.105 e. The summed E-state index contributed by atoms with van der Waals surface area (Å²) < 4.78 is 5.94. The van der Waals surface area contributed by atoms with Gasteiger partial charge in [-0.25, -0.2) is 0 Å². The van der Waals surface area contributed by atoms with E-state index in [9.17, 15) is 0 Å². The number of nitrogens with zero attached hydrogens (tertiary/aromatic N) is 2. The van der Waals surface area contributed by atoms with Gasteiger partial charge in [0.05, 0.1) is 23.5 Å². The van der Waals surface area contributed by atoms with Gasteiger partial charge in [-0.2, -0.15) is 0 Å². The minimum Gasteiger partial charge on any atom is -0.373 e. The third-order valence-electron chi connectivity index (χ3n) is 4.05. The number of aromatic amines is 1. The van der Waals surface area contributed by atoms with Crippen LogP contribution in [0.3, 0.4) is 0 Å². The molecule has 1 aromatic carbocycles. The van der Waals surface area contributed by atoms with Gasteiger partial charge in [0.2, 0.25) is 0 Å². The van der Waals surface area contributed by atoms with Crippen LogP contribution in [0.2, 0.25) is 0 Å². The lowest BCUT2D eigenvalue weighted by molar-refractivity contribution is 0.0158. The molecule has 4 rings (SSSR count). The molecule has 4 heteroatoms. The molecule has 0 bridgehead atoms. The Hall–Kier alpha value is -2.20. The van der Waals surface area contributed by atoms with Crippen molar-refractivity contribution in [1.29, 1.82) is 0 Å². The number of aromatic nitrogens is 3. The highest BCUT2D eigenvalue weighted by molar-refractivity contribution is 5.88. The van der Waals surface area contributed by atoms with Crippen molar-refractivity contribution < 1.29 is 4.74 Å². The van der Waals surface area contributed by atoms with Gasteiger partial charge in [0.25, 0.3) is 0 Å². The Kier molecular flexibility index (Phi) is 3.16. The Morgan fingerprint density at radius 3 is 3.00 bits per heavy atom. The largest absolute Gasteiger partial charge is 0.373 e. The Bertz CT molecular complexity index is 745. The van der Waals surface area contributed by atoms with Crippen LogP contribution >= 0.6 is 0 Å². The molecule has 1 N–H and O–H groups in total. The molecule has 3 heterocycles. The Morgan fingerprint density at radius 2 is 2.19 bits per heavy atom. The number of fused-ring (bicyclic) bond motifs is 1. The summed E-state index contributed by atoms with van der Waals surface area (Å²) in [5, 5.41) is 1.20. The van der Waals surface area contributed by atoms with Crippen LogP contribution in [0.1, 0.15) is 30.9 Å². The van der Waals surface area contributed by atoms with E-state index < -0.39 is 0 Å². The van der Waals surface area contributed by atoms with Crippen LogP contribution in [0.5, 0.6) is 0 Å². The van der Waals surface area contributed by atoms with Crippen molar-refractivity contribution >= 4 is 10.9 Å². The van der Waals surface area contributed by atoms with Crippen LogP contribution in [0.4, 0.5) is 0 Å². The van der Waals surface area contributed by atoms with Gasteiger partial charge in [-0.1, -0.05) is 18.2 Å². The molecule has 3 aromatic rings. The Morgan fingerprint density at radius 1 is 1.19 bits per heavy atom. The van der Waals surface area contributed by atoms with Gasteiger partial charge in [0.15, 0.2) is 0 Å². The first kappa shape index (κ1) is 12.5. The van der Waals surface area contributed by atoms with Crippen molar-refractivity contribution in [1.82, 2.24) is 15.0 Å². The quantitative estimate of drug-likeness (QED) is 0.774. The summed E-state index contributed by atoms with van der Waals surface area (Å²) in [6.07, 6.45) is 8.89. The normalized spacial score (nSPS) is 19.0. The van der Waals surface area contributed by atoms with Gasteiger partial charge in [0.1, 0.15) is 5.69 Å². The maximum absolute atomic E-state index is 5.94. The number of para-hydroxylation sites is 1. The number of ether oxygens (including phenoxy) is 1. The fourth-order valence-corrected chi connectivity index (χ4v) is 3.01. The second kappa shape index (κ2) is 5.30. The van der Waals surface area contributed by atoms with Gasteiger partial charge in [-0.3, -0.25) is 9.97 Å². The monoisotopic (exact) mass is 279 g/mol. The molecule has 21 heavy (non-hydrogen) atoms. The van der Waals surface area contributed by atoms with E-state index in [4.69, 9.17) is 4.74 Å². The van der Waals surface area contributed by atoms with Gasteiger partial charge in [-0.15, -0.1) is 0 Å². The molecule has 0 aliphatic carbocycles. The van der Waals surface area contributed by atoms with Gasteiger partial charge in [0, 0.05) is 30.0 Å². The van der Waals surface area contributed by atoms with Crippen molar-refractivity contribution in [3.8, 4) is 11.4 Å². The van der Waals surface area contributed by atoms with Crippen molar-refractivity contribution in [2.24, 2.45) is 0 Å². The summed E-state index contributed by atoms with van der Waals surface area (Å²) in [5.74, 6) is 0. The summed E-state index contributed by atoms with van der Waals surface area (Å²) >= 11 is 0. The SMILES string of the molecule is c1cc(C2CCCCO2)c2[nH]c(-c3cnccn3)cc2c1. The molecule has 1 aliphatic heterocycles. The molecule has 4 nitrogen and oxygen atoms in total. The van der Waals surface area contributed by atoms with E-state index in [1.54, 1.807) is 18.6 Å². The molecule has 1 aliphatic rings. The second-order valence-corrected chi connectivity index (χ2v) is 5.44. The van der Waals surface area contributed by atoms with Crippen LogP contribution in [0.25, 0.3) is 22.3 Å². The van der Waals surface area contributed by atoms with Gasteiger partial charge >= 0.3 is 0 Å². The number of benzene rings is 1. The average Bonchev–Trinajstić information content (AvgIpc) is 3.00. The molecule has 106 valence electrons. The van der Waals surface area contributed by atoms with Gasteiger partial charge in [-0.05, 0) is 25.3 Å². The highest BCUT2D eigenvalue weighted by Crippen LogP contribution is 2.34. The number of H-pyrrole nitrogens is 1. The molecule has 1 fully saturated rings. The summed E-state index contributed by atoms with van der Waals surface area (Å²) in [6.45, 7) is 0.860. The molecule has 2 aromatic heterocycles. The van der Waals surface area contributed by atoms with Gasteiger partial charge < -0.3 is 9.72 Å². The van der Waals surface area contributed by atoms with Crippen LogP contribution in [-0.4, -0.2) is 21.6 Å². The van der Waals surface area contributed by atoms with E-state index in [1.165, 1.54) is 23.8 Å². The summed E-state index contributed by atoms with van der Waals surface area (Å²) in [6, 6.07) is 8.52. The first-order chi connectivity index (χ1) is 10.4. The third-order valence-corrected chi connectivity index (χ3v) is 4.05. The Labute approximate surface area is 123 Å². The molecule has 0 amide bonds. The number of rotatable bonds is 2. The van der Waals surface area contributed by atoms with Crippen molar-refractivity contribution in [3.63, 3.8) is 0 Å². The zero-order chi connectivity index (χ0) is 14.1. The van der Waals surface area contributed by atoms with E-state index in [2.05, 4.69) is 39.2 Å². The summed E-state index contributed by atoms with van der Waals surface area (Å²) in [7, 11) is 0. The van der Waals surface area contributed by atoms with Crippen molar-refractivity contribution in [3.05, 3.63) is 48.4 Å². The summed E-state index contributed by atoms with van der Waals surface area (Å²) in [4.78, 5) is 12.0. The van der Waals surface area contributed by atoms with Crippen molar-refractivity contribution in [2.45, 2.75) is 25.4 Å². The topological polar surface area (TPSA) is 50.8 Å². The predicted octanol–water partition coefficient (Wildman–Crippen LogP) is 3.87. The van der Waals surface area contributed by atoms with E-state index in [0.717, 1.165) is 29.9 Å². The molecule has 0 radical (unpaired) electrons. The minimum absolute atomic E-state index is 0.204. The van der Waals surface area contributed by atoms with E-state index >= 15 is 0 Å². The fraction of sp³-hybridized carbons (Fsp3) is 0.294. The number of hydrogen-bond donors (Lipinski definition) is 1. The van der Waals surface area contributed by atoms with E-state index in [0.29, 0.717) is 0 Å². The number of hydrogen-bond acceptors (Lipinski definition) is 3. The highest BCUT2D eigenvalue weighted by atomic mass is 16.5. The molecular formula is C17H17N3O. The molecule has 0 spiro atoms. The standard InChI is InChI=1S/C17H17N3O/c1-2-9-21-16(6-1)13-5-3-4-12-10-14(20-17(12)13)15-11-18-7-8-19-15/h3-5,7-8,10-11,16,20H,1-2,6,9H2. The predicted molar refractivity (Wildman–Crippen MR) is 81.9 cm³/mol. The van der Waals surface area contributed by atoms with Crippen molar-refractivity contribution in [2.75, 3.05) is 6.61 Å². The van der Waals surface area contributed by atoms with Crippen LogP contribution in [0.15, 0.2) is 42.9 Å². The zero-order valence-electron chi connectivity index (χ0n) is 11.7.